The van der Waals surface area contributed by atoms with Gasteiger partial charge in [-0.3, -0.25) is 4.90 Å². The van der Waals surface area contributed by atoms with Crippen LogP contribution in [0.15, 0.2) is 30.3 Å². The monoisotopic (exact) mass is 345 g/mol. The number of nitrogens with zero attached hydrogens (tertiary/aromatic N) is 1. The molecule has 0 unspecified atom stereocenters. The molecular weight excluding hydrogens is 322 g/mol. The summed E-state index contributed by atoms with van der Waals surface area (Å²) in [4.78, 5) is 2.59. The molecule has 1 aliphatic heterocycles. The fourth-order valence-electron chi connectivity index (χ4n) is 4.26. The summed E-state index contributed by atoms with van der Waals surface area (Å²) in [6, 6.07) is 10.3. The van der Waals surface area contributed by atoms with E-state index in [9.17, 15) is 10.2 Å². The molecule has 0 aromatic heterocycles. The normalized spacial score (nSPS) is 18.7. The highest BCUT2D eigenvalue weighted by atomic mass is 35.5. The highest BCUT2D eigenvalue weighted by Crippen LogP contribution is 2.50. The summed E-state index contributed by atoms with van der Waals surface area (Å²) in [5, 5.41) is 20.3. The zero-order chi connectivity index (χ0) is 16.1. The first-order valence-corrected chi connectivity index (χ1v) is 8.46. The average molecular weight is 346 g/mol. The van der Waals surface area contributed by atoms with Crippen molar-refractivity contribution in [3.63, 3.8) is 0 Å². The van der Waals surface area contributed by atoms with Gasteiger partial charge in [-0.2, -0.15) is 0 Å². The van der Waals surface area contributed by atoms with E-state index < -0.39 is 0 Å². The topological polar surface area (TPSA) is 43.7 Å². The van der Waals surface area contributed by atoms with Gasteiger partial charge in [0.2, 0.25) is 0 Å². The van der Waals surface area contributed by atoms with Gasteiger partial charge >= 0.3 is 0 Å². The molecule has 0 spiro atoms. The summed E-state index contributed by atoms with van der Waals surface area (Å²) in [5.74, 6) is 0.628. The molecule has 2 aromatic rings. The molecule has 0 fully saturated rings. The third-order valence-electron chi connectivity index (χ3n) is 5.16. The molecule has 1 aliphatic carbocycles. The van der Waals surface area contributed by atoms with Crippen molar-refractivity contribution in [3.05, 3.63) is 47.0 Å². The second-order valence-corrected chi connectivity index (χ2v) is 7.20. The maximum absolute atomic E-state index is 10.4. The van der Waals surface area contributed by atoms with E-state index in [4.69, 9.17) is 0 Å². The Labute approximate surface area is 149 Å². The number of phenolic OH excluding ortho intramolecular Hbond substituents is 2. The molecule has 0 radical (unpaired) electrons. The van der Waals surface area contributed by atoms with Gasteiger partial charge in [-0.1, -0.05) is 38.1 Å². The van der Waals surface area contributed by atoms with Crippen LogP contribution in [0.25, 0.3) is 11.1 Å². The quantitative estimate of drug-likeness (QED) is 0.798. The van der Waals surface area contributed by atoms with Crippen LogP contribution < -0.4 is 0 Å². The van der Waals surface area contributed by atoms with Crippen LogP contribution in [0.3, 0.4) is 0 Å². The third-order valence-corrected chi connectivity index (χ3v) is 5.16. The number of aromatic hydroxyl groups is 2. The molecule has 4 heteroatoms. The number of hydrogen-bond donors (Lipinski definition) is 2. The fraction of sp³-hybridized carbons (Fsp3) is 0.400. The largest absolute Gasteiger partial charge is 0.504 e. The number of benzene rings is 2. The van der Waals surface area contributed by atoms with E-state index in [1.807, 2.05) is 6.07 Å². The molecule has 1 heterocycles. The van der Waals surface area contributed by atoms with Gasteiger partial charge in [0.1, 0.15) is 0 Å². The predicted octanol–water partition coefficient (Wildman–Crippen LogP) is 4.30. The first kappa shape index (κ1) is 17.1. The average Bonchev–Trinajstić information content (AvgIpc) is 2.53. The first-order chi connectivity index (χ1) is 11.1. The van der Waals surface area contributed by atoms with Crippen molar-refractivity contribution < 1.29 is 10.2 Å². The lowest BCUT2D eigenvalue weighted by atomic mass is 9.76. The molecule has 2 N–H and O–H groups in total. The van der Waals surface area contributed by atoms with Crippen LogP contribution >= 0.6 is 12.4 Å². The molecule has 2 aromatic carbocycles. The highest BCUT2D eigenvalue weighted by molar-refractivity contribution is 5.85. The summed E-state index contributed by atoms with van der Waals surface area (Å²) in [5.41, 5.74) is 5.79. The van der Waals surface area contributed by atoms with E-state index in [0.29, 0.717) is 12.0 Å². The van der Waals surface area contributed by atoms with Crippen LogP contribution in [0, 0.1) is 5.92 Å². The Morgan fingerprint density at radius 1 is 1.12 bits per heavy atom. The summed E-state index contributed by atoms with van der Waals surface area (Å²) in [7, 11) is 0. The molecule has 0 bridgehead atoms. The van der Waals surface area contributed by atoms with Gasteiger partial charge in [0, 0.05) is 24.7 Å². The third kappa shape index (κ3) is 2.56. The Hall–Kier alpha value is -1.71. The molecule has 4 rings (SSSR count). The molecule has 0 saturated carbocycles. The molecule has 0 saturated heterocycles. The number of fused-ring (bicyclic) bond motifs is 2. The van der Waals surface area contributed by atoms with Crippen LogP contribution in [0.4, 0.5) is 0 Å². The number of phenols is 2. The van der Waals surface area contributed by atoms with Crippen molar-refractivity contribution in [3.8, 4) is 22.6 Å². The van der Waals surface area contributed by atoms with Crippen molar-refractivity contribution in [2.75, 3.05) is 13.1 Å². The van der Waals surface area contributed by atoms with Crippen LogP contribution in [0.5, 0.6) is 11.5 Å². The molecule has 0 amide bonds. The van der Waals surface area contributed by atoms with Crippen molar-refractivity contribution in [1.82, 2.24) is 4.90 Å². The number of rotatable bonds is 2. The van der Waals surface area contributed by atoms with E-state index in [1.165, 1.54) is 11.1 Å². The van der Waals surface area contributed by atoms with Crippen LogP contribution in [0.2, 0.25) is 0 Å². The maximum Gasteiger partial charge on any atom is 0.165 e. The molecule has 24 heavy (non-hydrogen) atoms. The lowest BCUT2D eigenvalue weighted by Crippen LogP contribution is -2.40. The van der Waals surface area contributed by atoms with E-state index in [0.717, 1.165) is 42.6 Å². The van der Waals surface area contributed by atoms with Gasteiger partial charge in [-0.15, -0.1) is 12.4 Å². The van der Waals surface area contributed by atoms with Crippen molar-refractivity contribution >= 4 is 12.4 Å². The van der Waals surface area contributed by atoms with E-state index >= 15 is 0 Å². The maximum atomic E-state index is 10.4. The Morgan fingerprint density at radius 2 is 1.92 bits per heavy atom. The Balaban J connectivity index is 0.00000169. The van der Waals surface area contributed by atoms with Crippen LogP contribution in [-0.2, 0) is 12.8 Å². The molecule has 2 aliphatic rings. The van der Waals surface area contributed by atoms with Crippen molar-refractivity contribution in [2.24, 2.45) is 5.92 Å². The zero-order valence-electron chi connectivity index (χ0n) is 14.1. The van der Waals surface area contributed by atoms with Gasteiger partial charge in [0.05, 0.1) is 0 Å². The standard InChI is InChI=1S/C20H23NO2.ClH/c1-12(2)11-21-9-8-13-4-3-5-15-18(13)16(21)10-14-6-7-17(22)20(23)19(14)15;/h3-7,12,16,22-23H,8-11H2,1-2H3;1H/t16-;/m1./s1. The van der Waals surface area contributed by atoms with Gasteiger partial charge in [-0.05, 0) is 47.1 Å². The molecule has 1 atom stereocenters. The first-order valence-electron chi connectivity index (χ1n) is 8.46. The fourth-order valence-corrected chi connectivity index (χ4v) is 4.26. The van der Waals surface area contributed by atoms with Crippen LogP contribution in [-0.4, -0.2) is 28.2 Å². The number of halogens is 1. The van der Waals surface area contributed by atoms with E-state index in [2.05, 4.69) is 36.9 Å². The van der Waals surface area contributed by atoms with Crippen molar-refractivity contribution in [1.29, 1.82) is 0 Å². The summed E-state index contributed by atoms with van der Waals surface area (Å²) >= 11 is 0. The van der Waals surface area contributed by atoms with E-state index in [1.54, 1.807) is 6.07 Å². The smallest absolute Gasteiger partial charge is 0.165 e. The van der Waals surface area contributed by atoms with Gasteiger partial charge in [-0.25, -0.2) is 0 Å². The Kier molecular flexibility index (Phi) is 4.50. The van der Waals surface area contributed by atoms with Gasteiger partial charge < -0.3 is 10.2 Å². The van der Waals surface area contributed by atoms with Gasteiger partial charge in [0.25, 0.3) is 0 Å². The lowest BCUT2D eigenvalue weighted by molar-refractivity contribution is 0.162. The van der Waals surface area contributed by atoms with Crippen molar-refractivity contribution in [2.45, 2.75) is 32.7 Å². The van der Waals surface area contributed by atoms with Crippen LogP contribution in [0.1, 0.15) is 36.6 Å². The SMILES string of the molecule is CC(C)CN1CCc2cccc3c2[C@H]1Cc1ccc(O)c(O)c1-3.Cl. The number of hydrogen-bond acceptors (Lipinski definition) is 3. The van der Waals surface area contributed by atoms with E-state index in [-0.39, 0.29) is 23.9 Å². The molecular formula is C20H24ClNO2. The predicted molar refractivity (Wildman–Crippen MR) is 99.0 cm³/mol. The Morgan fingerprint density at radius 3 is 2.67 bits per heavy atom. The minimum Gasteiger partial charge on any atom is -0.504 e. The minimum absolute atomic E-state index is 0. The van der Waals surface area contributed by atoms with Gasteiger partial charge in [0.15, 0.2) is 11.5 Å². The minimum atomic E-state index is -0.0327. The highest BCUT2D eigenvalue weighted by Gasteiger charge is 2.35. The summed E-state index contributed by atoms with van der Waals surface area (Å²) in [6.45, 7) is 6.72. The molecule has 128 valence electrons. The zero-order valence-corrected chi connectivity index (χ0v) is 14.9. The lowest BCUT2D eigenvalue weighted by Gasteiger charge is -2.42. The summed E-state index contributed by atoms with van der Waals surface area (Å²) in [6.07, 6.45) is 1.96. The summed E-state index contributed by atoms with van der Waals surface area (Å²) < 4.78 is 0. The Bertz CT molecular complexity index is 772. The second-order valence-electron chi connectivity index (χ2n) is 7.20. The molecule has 3 nitrogen and oxygen atoms in total. The second kappa shape index (κ2) is 6.30.